The topological polar surface area (TPSA) is 47.6 Å². The third kappa shape index (κ3) is 5.13. The second kappa shape index (κ2) is 9.87. The minimum Gasteiger partial charge on any atom is -0.454 e. The van der Waals surface area contributed by atoms with E-state index in [1.807, 2.05) is 18.2 Å². The number of benzene rings is 3. The molecule has 0 spiro atoms. The number of hydrogen-bond acceptors (Lipinski definition) is 4. The number of ether oxygens (including phenoxy) is 2. The van der Waals surface area contributed by atoms with E-state index in [0.717, 1.165) is 54.5 Å². The third-order valence-corrected chi connectivity index (χ3v) is 7.37. The van der Waals surface area contributed by atoms with Crippen molar-refractivity contribution in [3.05, 3.63) is 82.9 Å². The largest absolute Gasteiger partial charge is 0.454 e. The molecule has 0 aromatic heterocycles. The molecule has 35 heavy (non-hydrogen) atoms. The Morgan fingerprint density at radius 1 is 0.971 bits per heavy atom. The Hall–Kier alpha value is -3.11. The first-order valence-electron chi connectivity index (χ1n) is 12.8. The molecule has 2 aliphatic rings. The molecule has 0 amide bonds. The number of rotatable bonds is 10. The Morgan fingerprint density at radius 2 is 1.71 bits per heavy atom. The van der Waals surface area contributed by atoms with E-state index >= 15 is 0 Å². The summed E-state index contributed by atoms with van der Waals surface area (Å²) in [6, 6.07) is 21.2. The minimum atomic E-state index is -0.379. The molecule has 3 aromatic carbocycles. The standard InChI is InChI=1S/C31H35NO3.H2/c1-21(2)12-15-32-19-23-6-8-25(9-7-23)27-16-24(5-4-22(27)3)17-30(33)31(13-14-31)26-10-11-28-29(18-26)35-20-34-28;/h4-11,16,18,21,32H,12-15,17,19-20H2,1-3H3;1H. The lowest BCUT2D eigenvalue weighted by molar-refractivity contribution is -0.120. The highest BCUT2D eigenvalue weighted by atomic mass is 16.7. The maximum absolute atomic E-state index is 13.5. The normalized spacial score (nSPS) is 15.4. The Morgan fingerprint density at radius 3 is 2.46 bits per heavy atom. The van der Waals surface area contributed by atoms with Gasteiger partial charge in [-0.15, -0.1) is 0 Å². The molecule has 4 nitrogen and oxygen atoms in total. The van der Waals surface area contributed by atoms with Crippen molar-refractivity contribution in [3.63, 3.8) is 0 Å². The highest BCUT2D eigenvalue weighted by Crippen LogP contribution is 2.51. The fourth-order valence-electron chi connectivity index (χ4n) is 4.92. The van der Waals surface area contributed by atoms with Crippen LogP contribution >= 0.6 is 0 Å². The van der Waals surface area contributed by atoms with Crippen LogP contribution in [0.5, 0.6) is 11.5 Å². The van der Waals surface area contributed by atoms with Gasteiger partial charge in [0.1, 0.15) is 5.78 Å². The molecule has 0 unspecified atom stereocenters. The van der Waals surface area contributed by atoms with Gasteiger partial charge < -0.3 is 14.8 Å². The summed E-state index contributed by atoms with van der Waals surface area (Å²) in [7, 11) is 0. The molecule has 4 heteroatoms. The minimum absolute atomic E-state index is 0. The van der Waals surface area contributed by atoms with Crippen LogP contribution in [0.1, 0.15) is 56.8 Å². The smallest absolute Gasteiger partial charge is 0.231 e. The fourth-order valence-corrected chi connectivity index (χ4v) is 4.92. The number of hydrogen-bond donors (Lipinski definition) is 1. The molecule has 1 N–H and O–H groups in total. The maximum atomic E-state index is 13.5. The van der Waals surface area contributed by atoms with E-state index in [9.17, 15) is 4.79 Å². The number of nitrogens with one attached hydrogen (secondary N) is 1. The highest BCUT2D eigenvalue weighted by molar-refractivity contribution is 5.95. The quantitative estimate of drug-likeness (QED) is 0.338. The summed E-state index contributed by atoms with van der Waals surface area (Å²) in [6.07, 6.45) is 3.44. The van der Waals surface area contributed by atoms with E-state index in [0.29, 0.717) is 6.42 Å². The molecule has 0 bridgehead atoms. The van der Waals surface area contributed by atoms with E-state index < -0.39 is 0 Å². The predicted octanol–water partition coefficient (Wildman–Crippen LogP) is 6.62. The van der Waals surface area contributed by atoms with Crippen LogP contribution in [-0.4, -0.2) is 19.1 Å². The zero-order valence-corrected chi connectivity index (χ0v) is 21.0. The van der Waals surface area contributed by atoms with E-state index in [1.54, 1.807) is 0 Å². The molecular weight excluding hydrogens is 434 g/mol. The van der Waals surface area contributed by atoms with Crippen molar-refractivity contribution < 1.29 is 15.7 Å². The van der Waals surface area contributed by atoms with Crippen molar-refractivity contribution in [1.82, 2.24) is 5.32 Å². The number of carbonyl (C=O) groups excluding carboxylic acids is 1. The molecule has 1 aliphatic carbocycles. The van der Waals surface area contributed by atoms with Crippen molar-refractivity contribution in [3.8, 4) is 22.6 Å². The molecule has 184 valence electrons. The van der Waals surface area contributed by atoms with Crippen LogP contribution < -0.4 is 14.8 Å². The summed E-state index contributed by atoms with van der Waals surface area (Å²) < 4.78 is 11.0. The van der Waals surface area contributed by atoms with Crippen molar-refractivity contribution in [2.24, 2.45) is 5.92 Å². The highest BCUT2D eigenvalue weighted by Gasteiger charge is 2.50. The summed E-state index contributed by atoms with van der Waals surface area (Å²) in [5, 5.41) is 3.53. The number of carbonyl (C=O) groups is 1. The summed E-state index contributed by atoms with van der Waals surface area (Å²) in [6.45, 7) is 8.83. The lowest BCUT2D eigenvalue weighted by Gasteiger charge is -2.16. The summed E-state index contributed by atoms with van der Waals surface area (Å²) >= 11 is 0. The molecule has 1 saturated carbocycles. The number of aryl methyl sites for hydroxylation is 1. The first-order valence-corrected chi connectivity index (χ1v) is 12.8. The van der Waals surface area contributed by atoms with Crippen LogP contribution in [0, 0.1) is 12.8 Å². The third-order valence-electron chi connectivity index (χ3n) is 7.37. The van der Waals surface area contributed by atoms with Gasteiger partial charge in [0.2, 0.25) is 6.79 Å². The molecule has 1 fully saturated rings. The molecule has 1 aliphatic heterocycles. The SMILES string of the molecule is Cc1ccc(CC(=O)C2(c3ccc4c(c3)OCO4)CC2)cc1-c1ccc(CNCCC(C)C)cc1.[HH]. The van der Waals surface area contributed by atoms with Gasteiger partial charge in [-0.2, -0.15) is 0 Å². The van der Waals surface area contributed by atoms with Gasteiger partial charge >= 0.3 is 0 Å². The van der Waals surface area contributed by atoms with Crippen molar-refractivity contribution in [2.45, 2.75) is 58.4 Å². The molecule has 1 heterocycles. The average molecular weight is 472 g/mol. The van der Waals surface area contributed by atoms with Gasteiger partial charge in [-0.05, 0) is 84.2 Å². The zero-order valence-electron chi connectivity index (χ0n) is 21.0. The van der Waals surface area contributed by atoms with E-state index in [1.165, 1.54) is 28.7 Å². The zero-order chi connectivity index (χ0) is 24.4. The van der Waals surface area contributed by atoms with Crippen molar-refractivity contribution in [2.75, 3.05) is 13.3 Å². The van der Waals surface area contributed by atoms with Crippen LogP contribution in [0.25, 0.3) is 11.1 Å². The number of Topliss-reactive ketones (excluding diaryl/α,β-unsaturated/α-hetero) is 1. The lowest BCUT2D eigenvalue weighted by Crippen LogP contribution is -2.22. The van der Waals surface area contributed by atoms with E-state index in [-0.39, 0.29) is 19.4 Å². The summed E-state index contributed by atoms with van der Waals surface area (Å²) in [5.41, 5.74) is 6.65. The summed E-state index contributed by atoms with van der Waals surface area (Å²) in [5.74, 6) is 2.52. The van der Waals surface area contributed by atoms with Gasteiger partial charge in [0.25, 0.3) is 0 Å². The fraction of sp³-hybridized carbons (Fsp3) is 0.387. The van der Waals surface area contributed by atoms with Gasteiger partial charge in [-0.1, -0.05) is 62.4 Å². The van der Waals surface area contributed by atoms with Crippen LogP contribution in [0.2, 0.25) is 0 Å². The second-order valence-corrected chi connectivity index (χ2v) is 10.5. The van der Waals surface area contributed by atoms with Crippen LogP contribution in [0.15, 0.2) is 60.7 Å². The second-order valence-electron chi connectivity index (χ2n) is 10.5. The van der Waals surface area contributed by atoms with Gasteiger partial charge in [0, 0.05) is 14.4 Å². The Labute approximate surface area is 210 Å². The van der Waals surface area contributed by atoms with Gasteiger partial charge in [0.15, 0.2) is 11.5 Å². The molecule has 3 aromatic rings. The molecule has 0 saturated heterocycles. The Bertz CT molecular complexity index is 1210. The number of fused-ring (bicyclic) bond motifs is 1. The van der Waals surface area contributed by atoms with E-state index in [2.05, 4.69) is 68.6 Å². The number of ketones is 1. The van der Waals surface area contributed by atoms with E-state index in [4.69, 9.17) is 9.47 Å². The van der Waals surface area contributed by atoms with Crippen LogP contribution in [0.3, 0.4) is 0 Å². The van der Waals surface area contributed by atoms with Gasteiger partial charge in [0.05, 0.1) is 5.41 Å². The lowest BCUT2D eigenvalue weighted by atomic mass is 9.87. The first-order chi connectivity index (χ1) is 16.9. The van der Waals surface area contributed by atoms with Crippen molar-refractivity contribution in [1.29, 1.82) is 0 Å². The Kier molecular flexibility index (Phi) is 6.66. The summed E-state index contributed by atoms with van der Waals surface area (Å²) in [4.78, 5) is 13.5. The molecule has 0 radical (unpaired) electrons. The van der Waals surface area contributed by atoms with Crippen LogP contribution in [0.4, 0.5) is 0 Å². The molecule has 5 rings (SSSR count). The Balaban J connectivity index is 0.00000304. The van der Waals surface area contributed by atoms with Gasteiger partial charge in [-0.3, -0.25) is 4.79 Å². The molecule has 0 atom stereocenters. The van der Waals surface area contributed by atoms with Crippen molar-refractivity contribution >= 4 is 5.78 Å². The molecular formula is C31H37NO3. The monoisotopic (exact) mass is 471 g/mol. The predicted molar refractivity (Wildman–Crippen MR) is 142 cm³/mol. The van der Waals surface area contributed by atoms with Gasteiger partial charge in [-0.25, -0.2) is 0 Å². The average Bonchev–Trinajstić information content (AvgIpc) is 3.54. The van der Waals surface area contributed by atoms with Crippen LogP contribution in [-0.2, 0) is 23.2 Å². The first kappa shape index (κ1) is 23.6. The maximum Gasteiger partial charge on any atom is 0.231 e.